The molecule has 0 spiro atoms. The van der Waals surface area contributed by atoms with Crippen LogP contribution in [0.15, 0.2) is 0 Å². The zero-order chi connectivity index (χ0) is 12.1. The Bertz CT molecular complexity index is 273. The van der Waals surface area contributed by atoms with E-state index in [1.54, 1.807) is 0 Å². The summed E-state index contributed by atoms with van der Waals surface area (Å²) in [6.45, 7) is 5.00. The highest BCUT2D eigenvalue weighted by Crippen LogP contribution is 2.22. The second kappa shape index (κ2) is 7.50. The van der Waals surface area contributed by atoms with Crippen LogP contribution in [0.1, 0.15) is 26.7 Å². The zero-order valence-electron chi connectivity index (χ0n) is 10.4. The van der Waals surface area contributed by atoms with Gasteiger partial charge in [-0.05, 0) is 25.7 Å². The number of rotatable bonds is 3. The minimum Gasteiger partial charge on any atom is -0.346 e. The van der Waals surface area contributed by atoms with Crippen molar-refractivity contribution in [3.05, 3.63) is 0 Å². The van der Waals surface area contributed by atoms with E-state index >= 15 is 0 Å². The third-order valence-corrected chi connectivity index (χ3v) is 3.32. The molecule has 0 radical (unpaired) electrons. The SMILES string of the molecule is CC1CCCN(C(=O)CNC(=O)CN)C1C.Cl. The molecule has 1 saturated heterocycles. The van der Waals surface area contributed by atoms with Gasteiger partial charge in [-0.3, -0.25) is 9.59 Å². The number of amides is 2. The second-order valence-electron chi connectivity index (χ2n) is 4.43. The van der Waals surface area contributed by atoms with Gasteiger partial charge < -0.3 is 16.0 Å². The summed E-state index contributed by atoms with van der Waals surface area (Å²) >= 11 is 0. The summed E-state index contributed by atoms with van der Waals surface area (Å²) in [7, 11) is 0. The number of piperidine rings is 1. The highest BCUT2D eigenvalue weighted by molar-refractivity contribution is 5.86. The molecule has 100 valence electrons. The van der Waals surface area contributed by atoms with Crippen molar-refractivity contribution in [3.63, 3.8) is 0 Å². The third-order valence-electron chi connectivity index (χ3n) is 3.32. The first-order valence-electron chi connectivity index (χ1n) is 5.82. The number of nitrogens with two attached hydrogens (primary N) is 1. The maximum Gasteiger partial charge on any atom is 0.242 e. The van der Waals surface area contributed by atoms with Gasteiger partial charge in [-0.15, -0.1) is 12.4 Å². The van der Waals surface area contributed by atoms with Gasteiger partial charge in [-0.2, -0.15) is 0 Å². The topological polar surface area (TPSA) is 75.4 Å². The molecule has 1 heterocycles. The maximum absolute atomic E-state index is 11.8. The van der Waals surface area contributed by atoms with Crippen LogP contribution in [-0.4, -0.2) is 42.4 Å². The van der Waals surface area contributed by atoms with Crippen LogP contribution in [0.2, 0.25) is 0 Å². The summed E-state index contributed by atoms with van der Waals surface area (Å²) in [5, 5.41) is 2.51. The van der Waals surface area contributed by atoms with Crippen LogP contribution in [0.4, 0.5) is 0 Å². The Kier molecular flexibility index (Phi) is 7.15. The van der Waals surface area contributed by atoms with Gasteiger partial charge in [0.25, 0.3) is 0 Å². The molecule has 3 N–H and O–H groups in total. The van der Waals surface area contributed by atoms with Gasteiger partial charge in [0, 0.05) is 12.6 Å². The van der Waals surface area contributed by atoms with E-state index in [0.717, 1.165) is 13.0 Å². The number of hydrogen-bond acceptors (Lipinski definition) is 3. The zero-order valence-corrected chi connectivity index (χ0v) is 11.3. The number of nitrogens with one attached hydrogen (secondary N) is 1. The highest BCUT2D eigenvalue weighted by Gasteiger charge is 2.27. The van der Waals surface area contributed by atoms with Crippen LogP contribution >= 0.6 is 12.4 Å². The molecule has 0 aromatic heterocycles. The molecule has 0 aromatic carbocycles. The molecule has 0 aromatic rings. The lowest BCUT2D eigenvalue weighted by Gasteiger charge is -2.38. The predicted octanol–water partition coefficient (Wildman–Crippen LogP) is 0.130. The number of nitrogens with zero attached hydrogens (tertiary/aromatic N) is 1. The number of likely N-dealkylation sites (tertiary alicyclic amines) is 1. The average molecular weight is 264 g/mol. The molecule has 0 aliphatic carbocycles. The molecule has 1 rings (SSSR count). The molecular weight excluding hydrogens is 242 g/mol. The summed E-state index contributed by atoms with van der Waals surface area (Å²) in [5.41, 5.74) is 5.15. The van der Waals surface area contributed by atoms with Crippen molar-refractivity contribution in [1.82, 2.24) is 10.2 Å². The van der Waals surface area contributed by atoms with Crippen molar-refractivity contribution in [3.8, 4) is 0 Å². The summed E-state index contributed by atoms with van der Waals surface area (Å²) in [4.78, 5) is 24.6. The van der Waals surface area contributed by atoms with Gasteiger partial charge in [-0.25, -0.2) is 0 Å². The molecule has 5 nitrogen and oxygen atoms in total. The van der Waals surface area contributed by atoms with Gasteiger partial charge in [0.05, 0.1) is 13.1 Å². The predicted molar refractivity (Wildman–Crippen MR) is 68.9 cm³/mol. The molecule has 1 fully saturated rings. The van der Waals surface area contributed by atoms with Gasteiger partial charge in [0.1, 0.15) is 0 Å². The Labute approximate surface area is 109 Å². The van der Waals surface area contributed by atoms with Crippen molar-refractivity contribution in [1.29, 1.82) is 0 Å². The Hall–Kier alpha value is -0.810. The summed E-state index contributed by atoms with van der Waals surface area (Å²) in [6, 6.07) is 0.260. The minimum absolute atomic E-state index is 0. The first-order valence-corrected chi connectivity index (χ1v) is 5.82. The maximum atomic E-state index is 11.8. The van der Waals surface area contributed by atoms with E-state index in [0.29, 0.717) is 5.92 Å². The Morgan fingerprint density at radius 2 is 2.06 bits per heavy atom. The fraction of sp³-hybridized carbons (Fsp3) is 0.818. The second-order valence-corrected chi connectivity index (χ2v) is 4.43. The molecule has 1 aliphatic heterocycles. The highest BCUT2D eigenvalue weighted by atomic mass is 35.5. The van der Waals surface area contributed by atoms with Crippen molar-refractivity contribution >= 4 is 24.2 Å². The van der Waals surface area contributed by atoms with Crippen LogP contribution in [0.3, 0.4) is 0 Å². The van der Waals surface area contributed by atoms with E-state index in [2.05, 4.69) is 19.2 Å². The van der Waals surface area contributed by atoms with E-state index in [1.807, 2.05) is 4.90 Å². The molecule has 0 bridgehead atoms. The fourth-order valence-corrected chi connectivity index (χ4v) is 2.04. The van der Waals surface area contributed by atoms with Crippen LogP contribution in [-0.2, 0) is 9.59 Å². The standard InChI is InChI=1S/C11H21N3O2.ClH/c1-8-4-3-5-14(9(8)2)11(16)7-13-10(15)6-12;/h8-9H,3-7,12H2,1-2H3,(H,13,15);1H. The lowest BCUT2D eigenvalue weighted by molar-refractivity contribution is -0.136. The molecule has 2 unspecified atom stereocenters. The van der Waals surface area contributed by atoms with Crippen molar-refractivity contribution in [2.75, 3.05) is 19.6 Å². The quantitative estimate of drug-likeness (QED) is 0.760. The first kappa shape index (κ1) is 16.2. The molecular formula is C11H22ClN3O2. The summed E-state index contributed by atoms with van der Waals surface area (Å²) in [5.74, 6) is 0.231. The largest absolute Gasteiger partial charge is 0.346 e. The molecule has 6 heteroatoms. The van der Waals surface area contributed by atoms with Crippen LogP contribution in [0.25, 0.3) is 0 Å². The van der Waals surface area contributed by atoms with E-state index in [-0.39, 0.29) is 43.4 Å². The van der Waals surface area contributed by atoms with Crippen LogP contribution in [0.5, 0.6) is 0 Å². The number of halogens is 1. The monoisotopic (exact) mass is 263 g/mol. The first-order chi connectivity index (χ1) is 7.56. The van der Waals surface area contributed by atoms with E-state index in [4.69, 9.17) is 5.73 Å². The van der Waals surface area contributed by atoms with E-state index in [1.165, 1.54) is 6.42 Å². The Morgan fingerprint density at radius 3 is 2.65 bits per heavy atom. The van der Waals surface area contributed by atoms with Crippen molar-refractivity contribution in [2.24, 2.45) is 11.7 Å². The van der Waals surface area contributed by atoms with Crippen LogP contribution < -0.4 is 11.1 Å². The normalized spacial score (nSPS) is 23.8. The molecule has 0 saturated carbocycles. The number of hydrogen-bond donors (Lipinski definition) is 2. The van der Waals surface area contributed by atoms with Crippen LogP contribution in [0, 0.1) is 5.92 Å². The number of carbonyl (C=O) groups is 2. The Morgan fingerprint density at radius 1 is 1.41 bits per heavy atom. The Balaban J connectivity index is 0.00000256. The van der Waals surface area contributed by atoms with Gasteiger partial charge in [0.2, 0.25) is 11.8 Å². The van der Waals surface area contributed by atoms with Gasteiger partial charge in [0.15, 0.2) is 0 Å². The number of carbonyl (C=O) groups excluding carboxylic acids is 2. The molecule has 1 aliphatic rings. The van der Waals surface area contributed by atoms with Crippen molar-refractivity contribution in [2.45, 2.75) is 32.7 Å². The van der Waals surface area contributed by atoms with Gasteiger partial charge >= 0.3 is 0 Å². The smallest absolute Gasteiger partial charge is 0.242 e. The fourth-order valence-electron chi connectivity index (χ4n) is 2.04. The summed E-state index contributed by atoms with van der Waals surface area (Å²) < 4.78 is 0. The molecule has 2 amide bonds. The van der Waals surface area contributed by atoms with Gasteiger partial charge in [-0.1, -0.05) is 6.92 Å². The average Bonchev–Trinajstić information content (AvgIpc) is 2.29. The van der Waals surface area contributed by atoms with Crippen molar-refractivity contribution < 1.29 is 9.59 Å². The molecule has 17 heavy (non-hydrogen) atoms. The minimum atomic E-state index is -0.286. The third kappa shape index (κ3) is 4.52. The molecule has 2 atom stereocenters. The van der Waals surface area contributed by atoms with E-state index < -0.39 is 0 Å². The summed E-state index contributed by atoms with van der Waals surface area (Å²) in [6.07, 6.45) is 2.21. The lowest BCUT2D eigenvalue weighted by atomic mass is 9.92. The van der Waals surface area contributed by atoms with E-state index in [9.17, 15) is 9.59 Å². The lowest BCUT2D eigenvalue weighted by Crippen LogP contribution is -2.50.